The van der Waals surface area contributed by atoms with E-state index in [1.54, 1.807) is 0 Å². The minimum absolute atomic E-state index is 0.0987. The normalized spacial score (nSPS) is 24.3. The lowest BCUT2D eigenvalue weighted by Gasteiger charge is -2.17. The fourth-order valence-electron chi connectivity index (χ4n) is 1.28. The van der Waals surface area contributed by atoms with E-state index < -0.39 is 12.0 Å². The number of likely N-dealkylation sites (tertiary alicyclic amines) is 1. The van der Waals surface area contributed by atoms with Gasteiger partial charge in [0.1, 0.15) is 5.88 Å². The van der Waals surface area contributed by atoms with Crippen molar-refractivity contribution in [2.24, 2.45) is 0 Å². The smallest absolute Gasteiger partial charge is 0.237 e. The quantitative estimate of drug-likeness (QED) is 0.596. The Labute approximate surface area is 80.8 Å². The first kappa shape index (κ1) is 10.4. The molecule has 5 heteroatoms. The van der Waals surface area contributed by atoms with E-state index in [9.17, 15) is 14.0 Å². The van der Waals surface area contributed by atoms with Gasteiger partial charge in [-0.25, -0.2) is 4.39 Å². The number of hydrogen-bond acceptors (Lipinski definition) is 2. The molecule has 1 fully saturated rings. The number of rotatable bonds is 1. The Balaban J connectivity index is 2.53. The number of Topliss-reactive ketones (excluding diaryl/α,β-unsaturated/α-hetero) is 1. The molecule has 74 valence electrons. The average Bonchev–Trinajstić information content (AvgIpc) is 2.30. The van der Waals surface area contributed by atoms with Gasteiger partial charge in [-0.15, -0.1) is 11.6 Å². The summed E-state index contributed by atoms with van der Waals surface area (Å²) in [7, 11) is 0. The molecule has 1 amide bonds. The number of ketones is 1. The lowest BCUT2D eigenvalue weighted by atomic mass is 10.2. The summed E-state index contributed by atoms with van der Waals surface area (Å²) in [6.07, 6.45) is -1.21. The average molecular weight is 208 g/mol. The lowest BCUT2D eigenvalue weighted by molar-refractivity contribution is -0.128. The second-order valence-electron chi connectivity index (χ2n) is 2.99. The molecule has 1 aliphatic rings. The predicted octanol–water partition coefficient (Wildman–Crippen LogP) is 0.755. The number of carbonyl (C=O) groups excluding carboxylic acids is 2. The summed E-state index contributed by atoms with van der Waals surface area (Å²) in [6.45, 7) is 0.587. The first-order valence-electron chi connectivity index (χ1n) is 4.15. The van der Waals surface area contributed by atoms with E-state index in [4.69, 9.17) is 11.6 Å². The van der Waals surface area contributed by atoms with Crippen LogP contribution in [0.1, 0.15) is 12.8 Å². The maximum absolute atomic E-state index is 12.9. The van der Waals surface area contributed by atoms with Crippen molar-refractivity contribution in [3.63, 3.8) is 0 Å². The number of nitrogens with zero attached hydrogens (tertiary/aromatic N) is 1. The second kappa shape index (κ2) is 4.56. The second-order valence-corrected chi connectivity index (χ2v) is 3.25. The third-order valence-corrected chi connectivity index (χ3v) is 2.33. The monoisotopic (exact) mass is 207 g/mol. The van der Waals surface area contributed by atoms with E-state index in [0.29, 0.717) is 13.1 Å². The Morgan fingerprint density at radius 2 is 2.31 bits per heavy atom. The van der Waals surface area contributed by atoms with Crippen molar-refractivity contribution < 1.29 is 14.0 Å². The highest BCUT2D eigenvalue weighted by Crippen LogP contribution is 2.11. The summed E-state index contributed by atoms with van der Waals surface area (Å²) in [4.78, 5) is 23.5. The molecule has 1 unspecified atom stereocenters. The third-order valence-electron chi connectivity index (χ3n) is 2.10. The number of halogens is 2. The molecule has 13 heavy (non-hydrogen) atoms. The van der Waals surface area contributed by atoms with Crippen molar-refractivity contribution in [3.05, 3.63) is 0 Å². The highest BCUT2D eigenvalue weighted by molar-refractivity contribution is 6.27. The standard InChI is InChI=1S/C8H11ClFNO2/c9-5-8(13)11-3-1-6(10)7(12)2-4-11/h6H,1-5H2. The molecule has 1 rings (SSSR count). The van der Waals surface area contributed by atoms with Gasteiger partial charge in [-0.2, -0.15) is 0 Å². The maximum Gasteiger partial charge on any atom is 0.237 e. The summed E-state index contributed by atoms with van der Waals surface area (Å²) < 4.78 is 12.9. The van der Waals surface area contributed by atoms with Crippen molar-refractivity contribution in [2.75, 3.05) is 19.0 Å². The van der Waals surface area contributed by atoms with Crippen LogP contribution in [-0.4, -0.2) is 41.7 Å². The van der Waals surface area contributed by atoms with E-state index in [1.165, 1.54) is 4.90 Å². The van der Waals surface area contributed by atoms with Crippen molar-refractivity contribution in [3.8, 4) is 0 Å². The van der Waals surface area contributed by atoms with Gasteiger partial charge in [-0.3, -0.25) is 9.59 Å². The molecule has 1 aliphatic heterocycles. The van der Waals surface area contributed by atoms with E-state index in [2.05, 4.69) is 0 Å². The summed E-state index contributed by atoms with van der Waals surface area (Å²) >= 11 is 5.34. The van der Waals surface area contributed by atoms with E-state index >= 15 is 0 Å². The van der Waals surface area contributed by atoms with Crippen LogP contribution in [0, 0.1) is 0 Å². The third kappa shape index (κ3) is 2.66. The molecule has 0 saturated carbocycles. The Morgan fingerprint density at radius 3 is 2.92 bits per heavy atom. The number of carbonyl (C=O) groups is 2. The molecule has 0 radical (unpaired) electrons. The largest absolute Gasteiger partial charge is 0.341 e. The van der Waals surface area contributed by atoms with Gasteiger partial charge in [0.05, 0.1) is 0 Å². The molecule has 0 aromatic rings. The van der Waals surface area contributed by atoms with Crippen LogP contribution >= 0.6 is 11.6 Å². The van der Waals surface area contributed by atoms with Gasteiger partial charge in [-0.1, -0.05) is 0 Å². The van der Waals surface area contributed by atoms with Crippen LogP contribution in [0.2, 0.25) is 0 Å². The van der Waals surface area contributed by atoms with Crippen LogP contribution in [-0.2, 0) is 9.59 Å². The zero-order valence-electron chi connectivity index (χ0n) is 7.13. The minimum Gasteiger partial charge on any atom is -0.341 e. The maximum atomic E-state index is 12.9. The molecule has 0 aromatic carbocycles. The topological polar surface area (TPSA) is 37.4 Å². The lowest BCUT2D eigenvalue weighted by Crippen LogP contribution is -2.32. The Morgan fingerprint density at radius 1 is 1.62 bits per heavy atom. The van der Waals surface area contributed by atoms with Crippen LogP contribution in [0.25, 0.3) is 0 Å². The molecule has 0 N–H and O–H groups in total. The van der Waals surface area contributed by atoms with Gasteiger partial charge < -0.3 is 4.90 Å². The summed E-state index contributed by atoms with van der Waals surface area (Å²) in [6, 6.07) is 0. The molecular formula is C8H11ClFNO2. The summed E-state index contributed by atoms with van der Waals surface area (Å²) in [5, 5.41) is 0. The predicted molar refractivity (Wildman–Crippen MR) is 46.4 cm³/mol. The summed E-state index contributed by atoms with van der Waals surface area (Å²) in [5.74, 6) is -0.751. The van der Waals surface area contributed by atoms with Crippen LogP contribution in [0.3, 0.4) is 0 Å². The molecule has 3 nitrogen and oxygen atoms in total. The van der Waals surface area contributed by atoms with Crippen LogP contribution in [0.5, 0.6) is 0 Å². The van der Waals surface area contributed by atoms with E-state index in [0.717, 1.165) is 0 Å². The fourth-order valence-corrected chi connectivity index (χ4v) is 1.45. The van der Waals surface area contributed by atoms with Gasteiger partial charge in [-0.05, 0) is 0 Å². The van der Waals surface area contributed by atoms with Crippen molar-refractivity contribution in [2.45, 2.75) is 19.0 Å². The SMILES string of the molecule is O=C1CCN(C(=O)CCl)CCC1F. The van der Waals surface area contributed by atoms with Gasteiger partial charge in [0.15, 0.2) is 12.0 Å². The highest BCUT2D eigenvalue weighted by atomic mass is 35.5. The molecule has 1 atom stereocenters. The summed E-state index contributed by atoms with van der Waals surface area (Å²) in [5.41, 5.74) is 0. The molecule has 0 bridgehead atoms. The highest BCUT2D eigenvalue weighted by Gasteiger charge is 2.25. The number of amides is 1. The van der Waals surface area contributed by atoms with Crippen LogP contribution < -0.4 is 0 Å². The Bertz CT molecular complexity index is 222. The van der Waals surface area contributed by atoms with Gasteiger partial charge >= 0.3 is 0 Å². The van der Waals surface area contributed by atoms with Crippen molar-refractivity contribution >= 4 is 23.3 Å². The van der Waals surface area contributed by atoms with Crippen LogP contribution in [0.4, 0.5) is 4.39 Å². The fraction of sp³-hybridized carbons (Fsp3) is 0.750. The zero-order valence-corrected chi connectivity index (χ0v) is 7.89. The van der Waals surface area contributed by atoms with Crippen molar-refractivity contribution in [1.82, 2.24) is 4.90 Å². The number of hydrogen-bond donors (Lipinski definition) is 0. The first-order chi connectivity index (χ1) is 6.15. The zero-order chi connectivity index (χ0) is 9.84. The molecule has 1 heterocycles. The van der Waals surface area contributed by atoms with E-state index in [-0.39, 0.29) is 24.6 Å². The number of alkyl halides is 2. The Kier molecular flexibility index (Phi) is 3.66. The van der Waals surface area contributed by atoms with Crippen molar-refractivity contribution in [1.29, 1.82) is 0 Å². The molecule has 0 aliphatic carbocycles. The molecule has 0 aromatic heterocycles. The molecular weight excluding hydrogens is 197 g/mol. The van der Waals surface area contributed by atoms with Gasteiger partial charge in [0.2, 0.25) is 5.91 Å². The van der Waals surface area contributed by atoms with Gasteiger partial charge in [0.25, 0.3) is 0 Å². The Hall–Kier alpha value is -0.640. The minimum atomic E-state index is -1.41. The van der Waals surface area contributed by atoms with Crippen LogP contribution in [0.15, 0.2) is 0 Å². The first-order valence-corrected chi connectivity index (χ1v) is 4.69. The molecule has 0 spiro atoms. The molecule has 1 saturated heterocycles. The van der Waals surface area contributed by atoms with Gasteiger partial charge in [0, 0.05) is 25.9 Å². The van der Waals surface area contributed by atoms with E-state index in [1.807, 2.05) is 0 Å².